The number of carbonyl (C=O) groups is 2. The Morgan fingerprint density at radius 2 is 2.07 bits per heavy atom. The first kappa shape index (κ1) is 18.9. The Morgan fingerprint density at radius 3 is 2.83 bits per heavy atom. The van der Waals surface area contributed by atoms with Crippen molar-refractivity contribution in [2.45, 2.75) is 6.42 Å². The number of hydrogen-bond donors (Lipinski definition) is 1. The number of nitrogens with zero attached hydrogens (tertiary/aromatic N) is 4. The maximum absolute atomic E-state index is 12.9. The Kier molecular flexibility index (Phi) is 5.18. The smallest absolute Gasteiger partial charge is 0.229 e. The molecule has 0 saturated carbocycles. The summed E-state index contributed by atoms with van der Waals surface area (Å²) in [5.41, 5.74) is 1.78. The maximum atomic E-state index is 12.9. The first-order valence-electron chi connectivity index (χ1n) is 8.95. The Labute approximate surface area is 172 Å². The van der Waals surface area contributed by atoms with Crippen molar-refractivity contribution in [3.8, 4) is 11.4 Å². The molecule has 1 aromatic heterocycles. The highest BCUT2D eigenvalue weighted by Crippen LogP contribution is 2.33. The third-order valence-corrected chi connectivity index (χ3v) is 4.99. The maximum Gasteiger partial charge on any atom is 0.229 e. The average Bonchev–Trinajstić information content (AvgIpc) is 3.38. The molecule has 2 amide bonds. The molecular formula is C20H18ClN5O3. The van der Waals surface area contributed by atoms with Gasteiger partial charge in [-0.3, -0.25) is 9.59 Å². The number of aromatic nitrogens is 3. The molecule has 1 unspecified atom stereocenters. The van der Waals surface area contributed by atoms with E-state index in [1.54, 1.807) is 42.3 Å². The van der Waals surface area contributed by atoms with E-state index < -0.39 is 5.92 Å². The van der Waals surface area contributed by atoms with Crippen molar-refractivity contribution in [1.29, 1.82) is 0 Å². The molecule has 1 fully saturated rings. The summed E-state index contributed by atoms with van der Waals surface area (Å²) < 4.78 is 6.88. The molecule has 8 nitrogen and oxygen atoms in total. The molecular weight excluding hydrogens is 394 g/mol. The largest absolute Gasteiger partial charge is 0.495 e. The minimum absolute atomic E-state index is 0.114. The number of halogens is 1. The topological polar surface area (TPSA) is 89.3 Å². The molecule has 9 heteroatoms. The molecule has 148 valence electrons. The van der Waals surface area contributed by atoms with Gasteiger partial charge < -0.3 is 15.0 Å². The fourth-order valence-electron chi connectivity index (χ4n) is 3.34. The number of nitrogens with one attached hydrogen (secondary N) is 1. The summed E-state index contributed by atoms with van der Waals surface area (Å²) in [6.07, 6.45) is 3.05. The molecule has 0 radical (unpaired) electrons. The third-order valence-electron chi connectivity index (χ3n) is 4.75. The van der Waals surface area contributed by atoms with Gasteiger partial charge in [-0.05, 0) is 30.3 Å². The van der Waals surface area contributed by atoms with Crippen LogP contribution in [0.3, 0.4) is 0 Å². The summed E-state index contributed by atoms with van der Waals surface area (Å²) in [4.78, 5) is 31.0. The second kappa shape index (κ2) is 7.92. The predicted octanol–water partition coefficient (Wildman–Crippen LogP) is 2.92. The van der Waals surface area contributed by atoms with Crippen LogP contribution < -0.4 is 15.0 Å². The summed E-state index contributed by atoms with van der Waals surface area (Å²) in [6.45, 7) is 0.268. The minimum atomic E-state index is -0.505. The van der Waals surface area contributed by atoms with E-state index in [1.165, 1.54) is 17.3 Å². The molecule has 1 saturated heterocycles. The van der Waals surface area contributed by atoms with Gasteiger partial charge in [0.25, 0.3) is 0 Å². The molecule has 1 aliphatic rings. The summed E-state index contributed by atoms with van der Waals surface area (Å²) >= 11 is 6.11. The van der Waals surface area contributed by atoms with Crippen molar-refractivity contribution < 1.29 is 14.3 Å². The van der Waals surface area contributed by atoms with Gasteiger partial charge in [0.2, 0.25) is 11.8 Å². The van der Waals surface area contributed by atoms with Gasteiger partial charge in [0.1, 0.15) is 18.4 Å². The van der Waals surface area contributed by atoms with Crippen molar-refractivity contribution in [3.63, 3.8) is 0 Å². The van der Waals surface area contributed by atoms with Gasteiger partial charge in [-0.15, -0.1) is 0 Å². The SMILES string of the molecule is COc1ccccc1N1CC(C(=O)Nc2cc(Cl)ccc2-n2cncn2)CC1=O. The van der Waals surface area contributed by atoms with Crippen molar-refractivity contribution in [2.24, 2.45) is 5.92 Å². The Hall–Kier alpha value is -3.39. The quantitative estimate of drug-likeness (QED) is 0.697. The van der Waals surface area contributed by atoms with Gasteiger partial charge >= 0.3 is 0 Å². The van der Waals surface area contributed by atoms with Crippen molar-refractivity contribution in [1.82, 2.24) is 14.8 Å². The zero-order valence-electron chi connectivity index (χ0n) is 15.6. The summed E-state index contributed by atoms with van der Waals surface area (Å²) in [7, 11) is 1.55. The van der Waals surface area contributed by atoms with Crippen LogP contribution in [0.5, 0.6) is 5.75 Å². The van der Waals surface area contributed by atoms with Crippen LogP contribution in [-0.4, -0.2) is 40.2 Å². The predicted molar refractivity (Wildman–Crippen MR) is 108 cm³/mol. The lowest BCUT2D eigenvalue weighted by molar-refractivity contribution is -0.122. The van der Waals surface area contributed by atoms with Crippen LogP contribution in [-0.2, 0) is 9.59 Å². The van der Waals surface area contributed by atoms with Crippen molar-refractivity contribution >= 4 is 34.8 Å². The molecule has 2 heterocycles. The highest BCUT2D eigenvalue weighted by molar-refractivity contribution is 6.31. The number of hydrogen-bond acceptors (Lipinski definition) is 5. The van der Waals surface area contributed by atoms with Gasteiger partial charge in [-0.25, -0.2) is 9.67 Å². The van der Waals surface area contributed by atoms with E-state index in [1.807, 2.05) is 12.1 Å². The van der Waals surface area contributed by atoms with Crippen LogP contribution in [0.1, 0.15) is 6.42 Å². The second-order valence-corrected chi connectivity index (χ2v) is 7.00. The van der Waals surface area contributed by atoms with E-state index >= 15 is 0 Å². The van der Waals surface area contributed by atoms with Crippen molar-refractivity contribution in [3.05, 3.63) is 60.1 Å². The van der Waals surface area contributed by atoms with Crippen LogP contribution in [0.2, 0.25) is 5.02 Å². The number of para-hydroxylation sites is 2. The fraction of sp³-hybridized carbons (Fsp3) is 0.200. The van der Waals surface area contributed by atoms with Gasteiger partial charge in [0.15, 0.2) is 0 Å². The Morgan fingerprint density at radius 1 is 1.24 bits per heavy atom. The zero-order valence-corrected chi connectivity index (χ0v) is 16.3. The summed E-state index contributed by atoms with van der Waals surface area (Å²) in [5.74, 6) is -0.308. The van der Waals surface area contributed by atoms with E-state index in [0.717, 1.165) is 0 Å². The second-order valence-electron chi connectivity index (χ2n) is 6.57. The lowest BCUT2D eigenvalue weighted by Gasteiger charge is -2.19. The van der Waals surface area contributed by atoms with Crippen LogP contribution in [0.25, 0.3) is 5.69 Å². The molecule has 3 aromatic rings. The molecule has 1 aliphatic heterocycles. The molecule has 29 heavy (non-hydrogen) atoms. The van der Waals surface area contributed by atoms with Crippen LogP contribution >= 0.6 is 11.6 Å². The third kappa shape index (κ3) is 3.79. The average molecular weight is 412 g/mol. The number of amides is 2. The lowest BCUT2D eigenvalue weighted by atomic mass is 10.1. The number of rotatable bonds is 5. The van der Waals surface area contributed by atoms with E-state index in [4.69, 9.17) is 16.3 Å². The molecule has 0 aliphatic carbocycles. The van der Waals surface area contributed by atoms with Gasteiger partial charge in [0, 0.05) is 18.0 Å². The molecule has 1 N–H and O–H groups in total. The van der Waals surface area contributed by atoms with Crippen molar-refractivity contribution in [2.75, 3.05) is 23.9 Å². The summed E-state index contributed by atoms with van der Waals surface area (Å²) in [5, 5.41) is 7.45. The minimum Gasteiger partial charge on any atom is -0.495 e. The van der Waals surface area contributed by atoms with Crippen LogP contribution in [0.15, 0.2) is 55.1 Å². The summed E-state index contributed by atoms with van der Waals surface area (Å²) in [6, 6.07) is 12.3. The van der Waals surface area contributed by atoms with Gasteiger partial charge in [0.05, 0.1) is 30.1 Å². The Balaban J connectivity index is 1.55. The fourth-order valence-corrected chi connectivity index (χ4v) is 3.52. The number of carbonyl (C=O) groups excluding carboxylic acids is 2. The number of anilines is 2. The number of benzene rings is 2. The number of ether oxygens (including phenoxy) is 1. The normalized spacial score (nSPS) is 16.1. The van der Waals surface area contributed by atoms with E-state index in [9.17, 15) is 9.59 Å². The zero-order chi connectivity index (χ0) is 20.4. The highest BCUT2D eigenvalue weighted by atomic mass is 35.5. The lowest BCUT2D eigenvalue weighted by Crippen LogP contribution is -2.28. The molecule has 0 spiro atoms. The molecule has 2 aromatic carbocycles. The van der Waals surface area contributed by atoms with Gasteiger partial charge in [-0.1, -0.05) is 23.7 Å². The molecule has 4 rings (SSSR count). The van der Waals surface area contributed by atoms with E-state index in [-0.39, 0.29) is 24.8 Å². The highest BCUT2D eigenvalue weighted by Gasteiger charge is 2.36. The standard InChI is InChI=1S/C20H18ClN5O3/c1-29-18-5-3-2-4-17(18)25-10-13(8-19(25)27)20(28)24-15-9-14(21)6-7-16(15)26-12-22-11-23-26/h2-7,9,11-13H,8,10H2,1H3,(H,24,28). The molecule has 0 bridgehead atoms. The van der Waals surface area contributed by atoms with Crippen LogP contribution in [0, 0.1) is 5.92 Å². The first-order valence-corrected chi connectivity index (χ1v) is 9.33. The first-order chi connectivity index (χ1) is 14.1. The monoisotopic (exact) mass is 411 g/mol. The van der Waals surface area contributed by atoms with E-state index in [2.05, 4.69) is 15.4 Å². The van der Waals surface area contributed by atoms with E-state index in [0.29, 0.717) is 27.8 Å². The van der Waals surface area contributed by atoms with Gasteiger partial charge in [-0.2, -0.15) is 5.10 Å². The molecule has 1 atom stereocenters. The van der Waals surface area contributed by atoms with Crippen LogP contribution in [0.4, 0.5) is 11.4 Å². The number of methoxy groups -OCH3 is 1. The Bertz CT molecular complexity index is 1050.